The summed E-state index contributed by atoms with van der Waals surface area (Å²) in [5, 5.41) is 14.2. The number of aliphatic hydroxyl groups is 1. The van der Waals surface area contributed by atoms with Crippen molar-refractivity contribution in [2.24, 2.45) is 0 Å². The third kappa shape index (κ3) is 5.62. The summed E-state index contributed by atoms with van der Waals surface area (Å²) in [6, 6.07) is 8.18. The fourth-order valence-corrected chi connectivity index (χ4v) is 3.15. The number of methoxy groups -OCH3 is 1. The molecule has 4 nitrogen and oxygen atoms in total. The number of piperidine rings is 1. The molecule has 134 valence electrons. The molecule has 1 fully saturated rings. The fraction of sp³-hybridized carbons (Fsp3) is 0.600. The van der Waals surface area contributed by atoms with E-state index >= 15 is 0 Å². The Morgan fingerprint density at radius 1 is 1.29 bits per heavy atom. The molecule has 1 aromatic rings. The predicted molar refractivity (Wildman–Crippen MR) is 99.4 cm³/mol. The highest BCUT2D eigenvalue weighted by atomic mass is 16.5. The van der Waals surface area contributed by atoms with Crippen molar-refractivity contribution in [2.45, 2.75) is 51.8 Å². The Bertz CT molecular complexity index is 515. The van der Waals surface area contributed by atoms with Crippen molar-refractivity contribution in [1.82, 2.24) is 10.2 Å². The number of allylic oxidation sites excluding steroid dienone is 1. The minimum absolute atomic E-state index is 0.0349. The standard InChI is InChI=1S/C20H32N2O2/c1-15(2)9-12-22-13-10-18(11-14-22)21-16(3)20(23)17-5-7-19(24-4)8-6-17/h5-9,16,18,20-21,23H,10-14H2,1-4H3. The molecular weight excluding hydrogens is 300 g/mol. The SMILES string of the molecule is COc1ccc(C(O)C(C)NC2CCN(CC=C(C)C)CC2)cc1. The van der Waals surface area contributed by atoms with Gasteiger partial charge in [0.05, 0.1) is 13.2 Å². The van der Waals surface area contributed by atoms with Gasteiger partial charge in [-0.15, -0.1) is 0 Å². The molecule has 0 saturated carbocycles. The topological polar surface area (TPSA) is 44.7 Å². The van der Waals surface area contributed by atoms with Crippen molar-refractivity contribution >= 4 is 0 Å². The van der Waals surface area contributed by atoms with Crippen LogP contribution in [0.1, 0.15) is 45.3 Å². The van der Waals surface area contributed by atoms with Crippen molar-refractivity contribution < 1.29 is 9.84 Å². The molecule has 0 aromatic heterocycles. The van der Waals surface area contributed by atoms with E-state index in [0.29, 0.717) is 6.04 Å². The number of ether oxygens (including phenoxy) is 1. The number of nitrogens with one attached hydrogen (secondary N) is 1. The maximum absolute atomic E-state index is 10.6. The van der Waals surface area contributed by atoms with Crippen LogP contribution in [0.4, 0.5) is 0 Å². The van der Waals surface area contributed by atoms with Crippen LogP contribution in [0.25, 0.3) is 0 Å². The molecule has 1 aliphatic rings. The summed E-state index contributed by atoms with van der Waals surface area (Å²) in [5.41, 5.74) is 2.31. The zero-order valence-electron chi connectivity index (χ0n) is 15.5. The zero-order valence-corrected chi connectivity index (χ0v) is 15.5. The van der Waals surface area contributed by atoms with E-state index in [-0.39, 0.29) is 6.04 Å². The second-order valence-electron chi connectivity index (χ2n) is 7.03. The first-order valence-corrected chi connectivity index (χ1v) is 8.93. The fourth-order valence-electron chi connectivity index (χ4n) is 3.15. The van der Waals surface area contributed by atoms with Gasteiger partial charge in [-0.2, -0.15) is 0 Å². The summed E-state index contributed by atoms with van der Waals surface area (Å²) in [7, 11) is 1.65. The number of rotatable bonds is 7. The molecule has 2 atom stereocenters. The van der Waals surface area contributed by atoms with Crippen LogP contribution in [0, 0.1) is 0 Å². The monoisotopic (exact) mass is 332 g/mol. The van der Waals surface area contributed by atoms with Crippen molar-refractivity contribution in [3.8, 4) is 5.75 Å². The molecule has 24 heavy (non-hydrogen) atoms. The normalized spacial score (nSPS) is 18.9. The van der Waals surface area contributed by atoms with E-state index in [1.165, 1.54) is 5.57 Å². The van der Waals surface area contributed by atoms with Gasteiger partial charge in [-0.25, -0.2) is 0 Å². The highest BCUT2D eigenvalue weighted by molar-refractivity contribution is 5.29. The highest BCUT2D eigenvalue weighted by Gasteiger charge is 2.23. The lowest BCUT2D eigenvalue weighted by molar-refractivity contribution is 0.117. The quantitative estimate of drug-likeness (QED) is 0.753. The van der Waals surface area contributed by atoms with Crippen LogP contribution in [-0.4, -0.2) is 48.8 Å². The molecule has 1 heterocycles. The van der Waals surface area contributed by atoms with Gasteiger partial charge in [-0.05, 0) is 64.4 Å². The number of hydrogen-bond acceptors (Lipinski definition) is 4. The summed E-state index contributed by atoms with van der Waals surface area (Å²) < 4.78 is 5.17. The van der Waals surface area contributed by atoms with Gasteiger partial charge < -0.3 is 15.2 Å². The average Bonchev–Trinajstić information content (AvgIpc) is 2.60. The Balaban J connectivity index is 1.79. The van der Waals surface area contributed by atoms with Crippen LogP contribution >= 0.6 is 0 Å². The number of likely N-dealkylation sites (tertiary alicyclic amines) is 1. The maximum Gasteiger partial charge on any atom is 0.118 e. The summed E-state index contributed by atoms with van der Waals surface area (Å²) in [4.78, 5) is 2.50. The number of nitrogens with zero attached hydrogens (tertiary/aromatic N) is 1. The van der Waals surface area contributed by atoms with E-state index in [0.717, 1.165) is 43.8 Å². The lowest BCUT2D eigenvalue weighted by Gasteiger charge is -2.34. The van der Waals surface area contributed by atoms with Crippen LogP contribution in [-0.2, 0) is 0 Å². The van der Waals surface area contributed by atoms with Gasteiger partial charge in [-0.1, -0.05) is 23.8 Å². The molecule has 4 heteroatoms. The first kappa shape index (κ1) is 19.0. The van der Waals surface area contributed by atoms with Gasteiger partial charge in [0.25, 0.3) is 0 Å². The largest absolute Gasteiger partial charge is 0.497 e. The van der Waals surface area contributed by atoms with Crippen molar-refractivity contribution in [3.63, 3.8) is 0 Å². The third-order valence-corrected chi connectivity index (χ3v) is 4.77. The molecule has 2 N–H and O–H groups in total. The van der Waals surface area contributed by atoms with E-state index in [2.05, 4.69) is 37.1 Å². The summed E-state index contributed by atoms with van der Waals surface area (Å²) in [6.07, 6.45) is 4.07. The lowest BCUT2D eigenvalue weighted by Crippen LogP contribution is -2.47. The van der Waals surface area contributed by atoms with E-state index < -0.39 is 6.10 Å². The highest BCUT2D eigenvalue weighted by Crippen LogP contribution is 2.21. The molecule has 0 amide bonds. The summed E-state index contributed by atoms with van der Waals surface area (Å²) in [6.45, 7) is 9.65. The number of hydrogen-bond donors (Lipinski definition) is 2. The Labute approximate surface area is 146 Å². The molecule has 1 aliphatic heterocycles. The average molecular weight is 332 g/mol. The predicted octanol–water partition coefficient (Wildman–Crippen LogP) is 3.14. The molecule has 2 unspecified atom stereocenters. The first-order valence-electron chi connectivity index (χ1n) is 8.93. The van der Waals surface area contributed by atoms with Crippen LogP contribution in [0.2, 0.25) is 0 Å². The minimum Gasteiger partial charge on any atom is -0.497 e. The van der Waals surface area contributed by atoms with Crippen LogP contribution in [0.15, 0.2) is 35.9 Å². The minimum atomic E-state index is -0.500. The molecule has 1 aromatic carbocycles. The van der Waals surface area contributed by atoms with Crippen LogP contribution < -0.4 is 10.1 Å². The van der Waals surface area contributed by atoms with Crippen LogP contribution in [0.5, 0.6) is 5.75 Å². The smallest absolute Gasteiger partial charge is 0.118 e. The molecule has 0 spiro atoms. The Morgan fingerprint density at radius 2 is 1.92 bits per heavy atom. The van der Waals surface area contributed by atoms with E-state index in [1.54, 1.807) is 7.11 Å². The zero-order chi connectivity index (χ0) is 17.5. The molecule has 1 saturated heterocycles. The van der Waals surface area contributed by atoms with Gasteiger partial charge in [0.15, 0.2) is 0 Å². The number of aliphatic hydroxyl groups excluding tert-OH is 1. The Kier molecular flexibility index (Phi) is 7.28. The van der Waals surface area contributed by atoms with Crippen molar-refractivity contribution in [1.29, 1.82) is 0 Å². The van der Waals surface area contributed by atoms with Crippen LogP contribution in [0.3, 0.4) is 0 Å². The second-order valence-corrected chi connectivity index (χ2v) is 7.03. The third-order valence-electron chi connectivity index (χ3n) is 4.77. The molecule has 2 rings (SSSR count). The number of benzene rings is 1. The van der Waals surface area contributed by atoms with Gasteiger partial charge >= 0.3 is 0 Å². The van der Waals surface area contributed by atoms with Crippen molar-refractivity contribution in [2.75, 3.05) is 26.7 Å². The molecule has 0 aliphatic carbocycles. The van der Waals surface area contributed by atoms with Gasteiger partial charge in [-0.3, -0.25) is 4.90 Å². The Morgan fingerprint density at radius 3 is 2.46 bits per heavy atom. The summed E-state index contributed by atoms with van der Waals surface area (Å²) in [5.74, 6) is 0.815. The van der Waals surface area contributed by atoms with Crippen molar-refractivity contribution in [3.05, 3.63) is 41.5 Å². The first-order chi connectivity index (χ1) is 11.5. The molecule has 0 radical (unpaired) electrons. The lowest BCUT2D eigenvalue weighted by atomic mass is 9.99. The van der Waals surface area contributed by atoms with Gasteiger partial charge in [0.1, 0.15) is 5.75 Å². The maximum atomic E-state index is 10.6. The van der Waals surface area contributed by atoms with E-state index in [4.69, 9.17) is 4.74 Å². The van der Waals surface area contributed by atoms with Gasteiger partial charge in [0, 0.05) is 18.6 Å². The molecule has 0 bridgehead atoms. The molecular formula is C20H32N2O2. The second kappa shape index (κ2) is 9.21. The van der Waals surface area contributed by atoms with E-state index in [9.17, 15) is 5.11 Å². The Hall–Kier alpha value is -1.36. The van der Waals surface area contributed by atoms with E-state index in [1.807, 2.05) is 24.3 Å². The summed E-state index contributed by atoms with van der Waals surface area (Å²) >= 11 is 0. The van der Waals surface area contributed by atoms with Gasteiger partial charge in [0.2, 0.25) is 0 Å².